The topological polar surface area (TPSA) is 12.0 Å². The fourth-order valence-electron chi connectivity index (χ4n) is 1.76. The largest absolute Gasteiger partial charge is 0.389 e. The van der Waals surface area contributed by atoms with Gasteiger partial charge in [-0.25, -0.2) is 0 Å². The third kappa shape index (κ3) is 5.46. The Morgan fingerprint density at radius 3 is 2.17 bits per heavy atom. The third-order valence-electron chi connectivity index (χ3n) is 2.59. The molecule has 0 amide bonds. The molecule has 0 fully saturated rings. The summed E-state index contributed by atoms with van der Waals surface area (Å²) in [4.78, 5) is 0. The highest BCUT2D eigenvalue weighted by Crippen LogP contribution is 2.29. The van der Waals surface area contributed by atoms with Gasteiger partial charge >= 0.3 is 6.18 Å². The minimum Gasteiger partial charge on any atom is -0.313 e. The lowest BCUT2D eigenvalue weighted by molar-refractivity contribution is -0.135. The van der Waals surface area contributed by atoms with Crippen molar-refractivity contribution in [1.29, 1.82) is 0 Å². The average Bonchev–Trinajstić information content (AvgIpc) is 2.21. The summed E-state index contributed by atoms with van der Waals surface area (Å²) in [5.41, 5.74) is 0.803. The van der Waals surface area contributed by atoms with Crippen LogP contribution < -0.4 is 5.32 Å². The second-order valence-corrected chi connectivity index (χ2v) is 4.92. The van der Waals surface area contributed by atoms with Crippen molar-refractivity contribution in [1.82, 2.24) is 5.32 Å². The molecule has 6 heteroatoms. The van der Waals surface area contributed by atoms with Crippen LogP contribution in [0.2, 0.25) is 10.0 Å². The van der Waals surface area contributed by atoms with Crippen molar-refractivity contribution in [3.8, 4) is 0 Å². The van der Waals surface area contributed by atoms with Gasteiger partial charge < -0.3 is 5.32 Å². The van der Waals surface area contributed by atoms with E-state index < -0.39 is 12.6 Å². The summed E-state index contributed by atoms with van der Waals surface area (Å²) < 4.78 is 36.2. The van der Waals surface area contributed by atoms with Crippen molar-refractivity contribution in [2.45, 2.75) is 31.5 Å². The first kappa shape index (κ1) is 15.6. The van der Waals surface area contributed by atoms with Crippen LogP contribution in [0, 0.1) is 0 Å². The maximum atomic E-state index is 12.1. The summed E-state index contributed by atoms with van der Waals surface area (Å²) in [6.07, 6.45) is -4.43. The molecule has 1 atom stereocenters. The van der Waals surface area contributed by atoms with Gasteiger partial charge in [-0.2, -0.15) is 13.2 Å². The Morgan fingerprint density at radius 1 is 1.17 bits per heavy atom. The molecule has 0 radical (unpaired) electrons. The summed E-state index contributed by atoms with van der Waals surface area (Å²) in [6.45, 7) is 0. The Morgan fingerprint density at radius 2 is 1.72 bits per heavy atom. The number of hydrogen-bond acceptors (Lipinski definition) is 1. The van der Waals surface area contributed by atoms with E-state index >= 15 is 0 Å². The molecular weight excluding hydrogens is 286 g/mol. The Balaban J connectivity index is 2.65. The highest BCUT2D eigenvalue weighted by Gasteiger charge is 2.26. The van der Waals surface area contributed by atoms with E-state index in [1.807, 2.05) is 0 Å². The van der Waals surface area contributed by atoms with E-state index in [-0.39, 0.29) is 12.5 Å². The highest BCUT2D eigenvalue weighted by molar-refractivity contribution is 6.34. The average molecular weight is 300 g/mol. The Kier molecular flexibility index (Phi) is 5.76. The zero-order valence-corrected chi connectivity index (χ0v) is 11.3. The Hall–Kier alpha value is -0.450. The smallest absolute Gasteiger partial charge is 0.313 e. The molecule has 0 bridgehead atoms. The van der Waals surface area contributed by atoms with Gasteiger partial charge in [-0.1, -0.05) is 23.2 Å². The molecule has 1 aromatic rings. The van der Waals surface area contributed by atoms with Crippen molar-refractivity contribution < 1.29 is 13.2 Å². The van der Waals surface area contributed by atoms with E-state index in [2.05, 4.69) is 5.32 Å². The van der Waals surface area contributed by atoms with Crippen LogP contribution >= 0.6 is 23.2 Å². The molecule has 1 aromatic carbocycles. The van der Waals surface area contributed by atoms with Crippen molar-refractivity contribution in [3.63, 3.8) is 0 Å². The molecule has 0 spiro atoms. The van der Waals surface area contributed by atoms with Crippen LogP contribution in [0.1, 0.15) is 30.9 Å². The molecule has 0 heterocycles. The van der Waals surface area contributed by atoms with E-state index in [0.717, 1.165) is 5.56 Å². The van der Waals surface area contributed by atoms with Crippen molar-refractivity contribution in [2.24, 2.45) is 0 Å². The molecule has 1 nitrogen and oxygen atoms in total. The van der Waals surface area contributed by atoms with Crippen LogP contribution in [-0.4, -0.2) is 13.2 Å². The standard InChI is InChI=1S/C12H14Cl2F3N/c1-18-11(3-2-4-12(15,16)17)8-5-9(13)7-10(14)6-8/h5-7,11,18H,2-4H2,1H3. The van der Waals surface area contributed by atoms with Gasteiger partial charge in [0.15, 0.2) is 0 Å². The molecule has 0 aliphatic rings. The van der Waals surface area contributed by atoms with Crippen LogP contribution in [-0.2, 0) is 0 Å². The second-order valence-electron chi connectivity index (χ2n) is 4.05. The summed E-state index contributed by atoms with van der Waals surface area (Å²) in [6, 6.07) is 4.84. The second kappa shape index (κ2) is 6.64. The fraction of sp³-hybridized carbons (Fsp3) is 0.500. The summed E-state index contributed by atoms with van der Waals surface area (Å²) in [7, 11) is 1.70. The van der Waals surface area contributed by atoms with Crippen LogP contribution in [0.5, 0.6) is 0 Å². The van der Waals surface area contributed by atoms with Crippen molar-refractivity contribution in [3.05, 3.63) is 33.8 Å². The minimum absolute atomic E-state index is 0.0686. The number of alkyl halides is 3. The first-order chi connectivity index (χ1) is 8.31. The van der Waals surface area contributed by atoms with Gasteiger partial charge in [0.05, 0.1) is 0 Å². The molecule has 102 valence electrons. The number of benzene rings is 1. The van der Waals surface area contributed by atoms with E-state index in [1.165, 1.54) is 0 Å². The molecule has 1 unspecified atom stereocenters. The van der Waals surface area contributed by atoms with E-state index in [0.29, 0.717) is 16.5 Å². The van der Waals surface area contributed by atoms with Crippen molar-refractivity contribution in [2.75, 3.05) is 7.05 Å². The predicted octanol–water partition coefficient (Wildman–Crippen LogP) is 4.99. The van der Waals surface area contributed by atoms with Gasteiger partial charge in [0.25, 0.3) is 0 Å². The van der Waals surface area contributed by atoms with E-state index in [4.69, 9.17) is 23.2 Å². The number of halogens is 5. The highest BCUT2D eigenvalue weighted by atomic mass is 35.5. The van der Waals surface area contributed by atoms with Gasteiger partial charge in [-0.05, 0) is 43.7 Å². The first-order valence-electron chi connectivity index (χ1n) is 5.52. The molecule has 0 saturated heterocycles. The molecule has 0 saturated carbocycles. The van der Waals surface area contributed by atoms with Crippen LogP contribution in [0.25, 0.3) is 0 Å². The summed E-state index contributed by atoms with van der Waals surface area (Å²) in [5.74, 6) is 0. The summed E-state index contributed by atoms with van der Waals surface area (Å²) >= 11 is 11.7. The SMILES string of the molecule is CNC(CCCC(F)(F)F)c1cc(Cl)cc(Cl)c1. The lowest BCUT2D eigenvalue weighted by atomic mass is 10.0. The van der Waals surface area contributed by atoms with Crippen LogP contribution in [0.3, 0.4) is 0 Å². The molecule has 0 aromatic heterocycles. The lowest BCUT2D eigenvalue weighted by Gasteiger charge is -2.17. The molecule has 0 aliphatic carbocycles. The van der Waals surface area contributed by atoms with Gasteiger partial charge in [0, 0.05) is 22.5 Å². The maximum Gasteiger partial charge on any atom is 0.389 e. The first-order valence-corrected chi connectivity index (χ1v) is 6.27. The molecule has 18 heavy (non-hydrogen) atoms. The van der Waals surface area contributed by atoms with Crippen molar-refractivity contribution >= 4 is 23.2 Å². The number of rotatable bonds is 5. The van der Waals surface area contributed by atoms with Gasteiger partial charge in [0.1, 0.15) is 0 Å². The molecular formula is C12H14Cl2F3N. The monoisotopic (exact) mass is 299 g/mol. The zero-order valence-electron chi connectivity index (χ0n) is 9.82. The normalized spacial score (nSPS) is 13.7. The molecule has 1 N–H and O–H groups in total. The molecule has 0 aliphatic heterocycles. The molecule has 1 rings (SSSR count). The van der Waals surface area contributed by atoms with Crippen LogP contribution in [0.4, 0.5) is 13.2 Å². The predicted molar refractivity (Wildman–Crippen MR) is 68.2 cm³/mol. The van der Waals surface area contributed by atoms with Crippen LogP contribution in [0.15, 0.2) is 18.2 Å². The number of nitrogens with one attached hydrogen (secondary N) is 1. The third-order valence-corrected chi connectivity index (χ3v) is 3.03. The Labute approximate surface area is 114 Å². The lowest BCUT2D eigenvalue weighted by Crippen LogP contribution is -2.17. The maximum absolute atomic E-state index is 12.1. The quantitative estimate of drug-likeness (QED) is 0.808. The zero-order chi connectivity index (χ0) is 13.8. The summed E-state index contributed by atoms with van der Waals surface area (Å²) in [5, 5.41) is 3.93. The number of hydrogen-bond donors (Lipinski definition) is 1. The van der Waals surface area contributed by atoms with Gasteiger partial charge in [-0.3, -0.25) is 0 Å². The van der Waals surface area contributed by atoms with Gasteiger partial charge in [-0.15, -0.1) is 0 Å². The fourth-order valence-corrected chi connectivity index (χ4v) is 2.30. The van der Waals surface area contributed by atoms with Gasteiger partial charge in [0.2, 0.25) is 0 Å². The van der Waals surface area contributed by atoms with E-state index in [1.54, 1.807) is 25.2 Å². The minimum atomic E-state index is -4.11. The Bertz CT molecular complexity index is 373. The van der Waals surface area contributed by atoms with E-state index in [9.17, 15) is 13.2 Å².